The van der Waals surface area contributed by atoms with Crippen molar-refractivity contribution in [1.82, 2.24) is 10.2 Å². The lowest BCUT2D eigenvalue weighted by Gasteiger charge is -2.10. The van der Waals surface area contributed by atoms with Gasteiger partial charge in [0.1, 0.15) is 0 Å². The van der Waals surface area contributed by atoms with Crippen molar-refractivity contribution in [1.29, 1.82) is 0 Å². The van der Waals surface area contributed by atoms with Gasteiger partial charge in [-0.3, -0.25) is 5.10 Å². The van der Waals surface area contributed by atoms with Crippen LogP contribution < -0.4 is 0 Å². The van der Waals surface area contributed by atoms with E-state index in [1.54, 1.807) is 0 Å². The Kier molecular flexibility index (Phi) is 1.72. The minimum atomic E-state index is 0.590. The Hall–Kier alpha value is -1.57. The number of rotatable bonds is 1. The van der Waals surface area contributed by atoms with Crippen LogP contribution in [0.1, 0.15) is 25.0 Å². The van der Waals surface area contributed by atoms with Gasteiger partial charge in [0.15, 0.2) is 0 Å². The Balaban J connectivity index is 2.33. The standard InChI is InChI=1S/C13H14N2/c1-8(2)10-5-3-9-4-6-12-11(13(9)10)7-14-15-12/h4-8H,3H2,1-2H3,(H,14,15). The van der Waals surface area contributed by atoms with Crippen LogP contribution in [0.5, 0.6) is 0 Å². The van der Waals surface area contributed by atoms with Gasteiger partial charge in [-0.25, -0.2) is 0 Å². The highest BCUT2D eigenvalue weighted by Gasteiger charge is 2.19. The molecule has 1 heterocycles. The monoisotopic (exact) mass is 198 g/mol. The number of H-pyrrole nitrogens is 1. The van der Waals surface area contributed by atoms with E-state index in [9.17, 15) is 0 Å². The molecule has 0 spiro atoms. The number of hydrogen-bond acceptors (Lipinski definition) is 1. The van der Waals surface area contributed by atoms with Crippen molar-refractivity contribution in [2.24, 2.45) is 5.92 Å². The molecule has 0 aliphatic heterocycles. The Bertz CT molecular complexity index is 547. The lowest BCUT2D eigenvalue weighted by molar-refractivity contribution is 0.858. The molecule has 1 aromatic heterocycles. The van der Waals surface area contributed by atoms with Crippen molar-refractivity contribution in [2.45, 2.75) is 20.3 Å². The maximum atomic E-state index is 4.12. The molecule has 15 heavy (non-hydrogen) atoms. The highest BCUT2D eigenvalue weighted by Crippen LogP contribution is 2.37. The quantitative estimate of drug-likeness (QED) is 0.749. The van der Waals surface area contributed by atoms with Crippen LogP contribution in [0.3, 0.4) is 0 Å². The second-order valence-electron chi connectivity index (χ2n) is 4.45. The number of aromatic nitrogens is 2. The largest absolute Gasteiger partial charge is 0.278 e. The fourth-order valence-corrected chi connectivity index (χ4v) is 2.42. The number of fused-ring (bicyclic) bond motifs is 3. The highest BCUT2D eigenvalue weighted by molar-refractivity contribution is 5.95. The van der Waals surface area contributed by atoms with Gasteiger partial charge < -0.3 is 0 Å². The van der Waals surface area contributed by atoms with E-state index in [-0.39, 0.29) is 0 Å². The number of aromatic amines is 1. The fourth-order valence-electron chi connectivity index (χ4n) is 2.42. The lowest BCUT2D eigenvalue weighted by Crippen LogP contribution is -1.92. The third-order valence-corrected chi connectivity index (χ3v) is 3.16. The summed E-state index contributed by atoms with van der Waals surface area (Å²) in [6, 6.07) is 4.33. The van der Waals surface area contributed by atoms with Gasteiger partial charge in [0, 0.05) is 5.39 Å². The van der Waals surface area contributed by atoms with Gasteiger partial charge in [-0.1, -0.05) is 26.0 Å². The molecule has 0 amide bonds. The van der Waals surface area contributed by atoms with Crippen LogP contribution in [0.15, 0.2) is 24.4 Å². The summed E-state index contributed by atoms with van der Waals surface area (Å²) in [5, 5.41) is 8.42. The van der Waals surface area contributed by atoms with Crippen LogP contribution in [0, 0.1) is 5.92 Å². The molecule has 0 bridgehead atoms. The maximum Gasteiger partial charge on any atom is 0.0656 e. The first-order chi connectivity index (χ1) is 7.27. The molecule has 0 radical (unpaired) electrons. The topological polar surface area (TPSA) is 28.7 Å². The molecule has 2 nitrogen and oxygen atoms in total. The van der Waals surface area contributed by atoms with E-state index in [2.05, 4.69) is 42.3 Å². The molecular weight excluding hydrogens is 184 g/mol. The fraction of sp³-hybridized carbons (Fsp3) is 0.308. The Morgan fingerprint density at radius 2 is 2.20 bits per heavy atom. The van der Waals surface area contributed by atoms with E-state index in [0.717, 1.165) is 11.9 Å². The first-order valence-corrected chi connectivity index (χ1v) is 5.43. The summed E-state index contributed by atoms with van der Waals surface area (Å²) >= 11 is 0. The second-order valence-corrected chi connectivity index (χ2v) is 4.45. The zero-order chi connectivity index (χ0) is 10.4. The summed E-state index contributed by atoms with van der Waals surface area (Å²) in [5.74, 6) is 0.590. The summed E-state index contributed by atoms with van der Waals surface area (Å²) in [7, 11) is 0. The van der Waals surface area contributed by atoms with Crippen LogP contribution in [0.4, 0.5) is 0 Å². The molecule has 76 valence electrons. The van der Waals surface area contributed by atoms with E-state index in [0.29, 0.717) is 5.92 Å². The van der Waals surface area contributed by atoms with Crippen molar-refractivity contribution in [3.05, 3.63) is 35.5 Å². The Morgan fingerprint density at radius 1 is 1.33 bits per heavy atom. The van der Waals surface area contributed by atoms with E-state index < -0.39 is 0 Å². The molecule has 0 saturated heterocycles. The van der Waals surface area contributed by atoms with Crippen molar-refractivity contribution < 1.29 is 0 Å². The predicted molar refractivity (Wildman–Crippen MR) is 62.6 cm³/mol. The molecule has 1 aliphatic carbocycles. The van der Waals surface area contributed by atoms with Gasteiger partial charge in [0.05, 0.1) is 11.7 Å². The van der Waals surface area contributed by atoms with Crippen molar-refractivity contribution in [2.75, 3.05) is 0 Å². The molecular formula is C13H14N2. The molecule has 0 fully saturated rings. The van der Waals surface area contributed by atoms with Crippen molar-refractivity contribution in [3.63, 3.8) is 0 Å². The van der Waals surface area contributed by atoms with Crippen LogP contribution in [-0.4, -0.2) is 10.2 Å². The molecule has 0 unspecified atom stereocenters. The summed E-state index contributed by atoms with van der Waals surface area (Å²) in [5.41, 5.74) is 5.46. The van der Waals surface area contributed by atoms with Gasteiger partial charge in [-0.15, -0.1) is 0 Å². The molecule has 1 aliphatic rings. The van der Waals surface area contributed by atoms with Crippen LogP contribution in [0.2, 0.25) is 0 Å². The molecule has 2 aromatic rings. The smallest absolute Gasteiger partial charge is 0.0656 e. The van der Waals surface area contributed by atoms with Crippen molar-refractivity contribution >= 4 is 16.5 Å². The zero-order valence-electron chi connectivity index (χ0n) is 9.04. The predicted octanol–water partition coefficient (Wildman–Crippen LogP) is 3.16. The SMILES string of the molecule is CC(C)C1=CCc2ccc3[nH]ncc3c21. The molecule has 0 atom stereocenters. The van der Waals surface area contributed by atoms with E-state index in [1.165, 1.54) is 22.1 Å². The normalized spacial score (nSPS) is 14.7. The molecule has 1 N–H and O–H groups in total. The summed E-state index contributed by atoms with van der Waals surface area (Å²) in [6.07, 6.45) is 5.36. The molecule has 2 heteroatoms. The number of benzene rings is 1. The number of nitrogens with one attached hydrogen (secondary N) is 1. The highest BCUT2D eigenvalue weighted by atomic mass is 15.1. The van der Waals surface area contributed by atoms with Gasteiger partial charge in [-0.2, -0.15) is 5.10 Å². The van der Waals surface area contributed by atoms with Crippen LogP contribution in [0.25, 0.3) is 16.5 Å². The van der Waals surface area contributed by atoms with Gasteiger partial charge in [0.25, 0.3) is 0 Å². The van der Waals surface area contributed by atoms with Crippen molar-refractivity contribution in [3.8, 4) is 0 Å². The first kappa shape index (κ1) is 8.72. The van der Waals surface area contributed by atoms with E-state index >= 15 is 0 Å². The third kappa shape index (κ3) is 1.14. The minimum Gasteiger partial charge on any atom is -0.278 e. The number of hydrogen-bond donors (Lipinski definition) is 1. The van der Waals surface area contributed by atoms with Gasteiger partial charge in [-0.05, 0) is 35.1 Å². The van der Waals surface area contributed by atoms with E-state index in [4.69, 9.17) is 0 Å². The molecule has 0 saturated carbocycles. The molecule has 3 rings (SSSR count). The lowest BCUT2D eigenvalue weighted by atomic mass is 9.94. The third-order valence-electron chi connectivity index (χ3n) is 3.16. The summed E-state index contributed by atoms with van der Waals surface area (Å²) < 4.78 is 0. The Morgan fingerprint density at radius 3 is 3.00 bits per heavy atom. The zero-order valence-corrected chi connectivity index (χ0v) is 9.04. The first-order valence-electron chi connectivity index (χ1n) is 5.43. The number of allylic oxidation sites excluding steroid dienone is 2. The second kappa shape index (κ2) is 2.96. The van der Waals surface area contributed by atoms with E-state index in [1.807, 2.05) is 6.20 Å². The van der Waals surface area contributed by atoms with Gasteiger partial charge in [0.2, 0.25) is 0 Å². The van der Waals surface area contributed by atoms with Crippen LogP contribution in [-0.2, 0) is 6.42 Å². The maximum absolute atomic E-state index is 4.12. The summed E-state index contributed by atoms with van der Waals surface area (Å²) in [6.45, 7) is 4.50. The summed E-state index contributed by atoms with van der Waals surface area (Å²) in [4.78, 5) is 0. The van der Waals surface area contributed by atoms with Crippen LogP contribution >= 0.6 is 0 Å². The molecule has 1 aromatic carbocycles. The average Bonchev–Trinajstić information content (AvgIpc) is 2.82. The minimum absolute atomic E-state index is 0.590. The average molecular weight is 198 g/mol. The Labute approximate surface area is 89.0 Å². The van der Waals surface area contributed by atoms with Gasteiger partial charge >= 0.3 is 0 Å². The number of nitrogens with zero attached hydrogens (tertiary/aromatic N) is 1.